The number of aromatic nitrogens is 1. The minimum absolute atomic E-state index is 0.142. The van der Waals surface area contributed by atoms with Crippen LogP contribution in [0.3, 0.4) is 0 Å². The number of hydrogen-bond donors (Lipinski definition) is 0. The van der Waals surface area contributed by atoms with Crippen LogP contribution in [0.2, 0.25) is 0 Å². The largest absolute Gasteiger partial charge is 0.436 e. The third-order valence-corrected chi connectivity index (χ3v) is 3.12. The number of halogens is 3. The zero-order valence-corrected chi connectivity index (χ0v) is 10.2. The first-order valence-electron chi connectivity index (χ1n) is 5.42. The van der Waals surface area contributed by atoms with Gasteiger partial charge in [-0.05, 0) is 37.5 Å². The molecule has 0 spiro atoms. The van der Waals surface area contributed by atoms with Crippen molar-refractivity contribution in [3.63, 3.8) is 0 Å². The standard InChI is InChI=1S/C13H12F3NO/c1-7-4-5-10(9(3)8(7)2)11-6-12(17-18-11)13(14,15)16/h4-6H,1-3H3. The highest BCUT2D eigenvalue weighted by molar-refractivity contribution is 5.64. The number of aryl methyl sites for hydroxylation is 1. The van der Waals surface area contributed by atoms with Gasteiger partial charge in [0.05, 0.1) is 0 Å². The molecule has 2 rings (SSSR count). The Morgan fingerprint density at radius 1 is 1.06 bits per heavy atom. The van der Waals surface area contributed by atoms with Gasteiger partial charge in [0.1, 0.15) is 0 Å². The SMILES string of the molecule is Cc1ccc(-c2cc(C(F)(F)F)no2)c(C)c1C. The van der Waals surface area contributed by atoms with Crippen LogP contribution in [0.4, 0.5) is 13.2 Å². The molecule has 96 valence electrons. The maximum atomic E-state index is 12.4. The molecular formula is C13H12F3NO. The molecule has 0 bridgehead atoms. The van der Waals surface area contributed by atoms with Crippen molar-refractivity contribution in [3.8, 4) is 11.3 Å². The summed E-state index contributed by atoms with van der Waals surface area (Å²) >= 11 is 0. The maximum absolute atomic E-state index is 12.4. The minimum Gasteiger partial charge on any atom is -0.356 e. The summed E-state index contributed by atoms with van der Waals surface area (Å²) < 4.78 is 42.1. The van der Waals surface area contributed by atoms with Crippen LogP contribution in [-0.4, -0.2) is 5.16 Å². The molecule has 0 unspecified atom stereocenters. The number of rotatable bonds is 1. The van der Waals surface area contributed by atoms with Crippen molar-refractivity contribution in [2.24, 2.45) is 0 Å². The molecule has 0 amide bonds. The second kappa shape index (κ2) is 4.15. The fourth-order valence-electron chi connectivity index (χ4n) is 1.76. The van der Waals surface area contributed by atoms with Crippen molar-refractivity contribution in [2.45, 2.75) is 26.9 Å². The van der Waals surface area contributed by atoms with E-state index < -0.39 is 11.9 Å². The lowest BCUT2D eigenvalue weighted by Gasteiger charge is -2.08. The van der Waals surface area contributed by atoms with Crippen molar-refractivity contribution < 1.29 is 17.7 Å². The number of nitrogens with zero attached hydrogens (tertiary/aromatic N) is 1. The zero-order chi connectivity index (χ0) is 13.5. The van der Waals surface area contributed by atoms with E-state index >= 15 is 0 Å². The summed E-state index contributed by atoms with van der Waals surface area (Å²) in [5.41, 5.74) is 2.67. The highest BCUT2D eigenvalue weighted by Gasteiger charge is 2.35. The Bertz CT molecular complexity index is 584. The van der Waals surface area contributed by atoms with Gasteiger partial charge in [-0.15, -0.1) is 0 Å². The molecule has 0 radical (unpaired) electrons. The fourth-order valence-corrected chi connectivity index (χ4v) is 1.76. The van der Waals surface area contributed by atoms with Crippen LogP contribution in [0, 0.1) is 20.8 Å². The van der Waals surface area contributed by atoms with Crippen LogP contribution in [0.5, 0.6) is 0 Å². The van der Waals surface area contributed by atoms with Crippen LogP contribution in [-0.2, 0) is 6.18 Å². The molecule has 0 aliphatic carbocycles. The number of benzene rings is 1. The van der Waals surface area contributed by atoms with E-state index in [2.05, 4.69) is 5.16 Å². The Labute approximate surface area is 102 Å². The van der Waals surface area contributed by atoms with Gasteiger partial charge in [0.15, 0.2) is 11.5 Å². The number of alkyl halides is 3. The molecule has 1 heterocycles. The molecule has 0 saturated carbocycles. The summed E-state index contributed by atoms with van der Waals surface area (Å²) in [4.78, 5) is 0. The minimum atomic E-state index is -4.48. The Hall–Kier alpha value is -1.78. The lowest BCUT2D eigenvalue weighted by molar-refractivity contribution is -0.142. The van der Waals surface area contributed by atoms with Crippen LogP contribution >= 0.6 is 0 Å². The summed E-state index contributed by atoms with van der Waals surface area (Å²) in [6, 6.07) is 4.53. The van der Waals surface area contributed by atoms with Crippen molar-refractivity contribution in [1.82, 2.24) is 5.16 Å². The Morgan fingerprint density at radius 3 is 2.28 bits per heavy atom. The molecule has 5 heteroatoms. The van der Waals surface area contributed by atoms with Gasteiger partial charge in [-0.25, -0.2) is 0 Å². The molecule has 2 aromatic rings. The van der Waals surface area contributed by atoms with Gasteiger partial charge in [0.2, 0.25) is 0 Å². The van der Waals surface area contributed by atoms with Crippen molar-refractivity contribution in [3.05, 3.63) is 40.6 Å². The lowest BCUT2D eigenvalue weighted by atomic mass is 9.97. The van der Waals surface area contributed by atoms with Crippen LogP contribution < -0.4 is 0 Å². The first kappa shape index (κ1) is 12.7. The molecule has 0 atom stereocenters. The highest BCUT2D eigenvalue weighted by Crippen LogP contribution is 2.33. The summed E-state index contributed by atoms with van der Waals surface area (Å²) in [6.45, 7) is 5.73. The summed E-state index contributed by atoms with van der Waals surface area (Å²) in [7, 11) is 0. The molecule has 1 aromatic carbocycles. The van der Waals surface area contributed by atoms with Gasteiger partial charge < -0.3 is 4.52 Å². The first-order chi connectivity index (χ1) is 8.30. The Balaban J connectivity index is 2.50. The lowest BCUT2D eigenvalue weighted by Crippen LogP contribution is -2.04. The van der Waals surface area contributed by atoms with Crippen molar-refractivity contribution in [2.75, 3.05) is 0 Å². The van der Waals surface area contributed by atoms with Crippen molar-refractivity contribution in [1.29, 1.82) is 0 Å². The smallest absolute Gasteiger partial charge is 0.356 e. The summed E-state index contributed by atoms with van der Waals surface area (Å²) in [6.07, 6.45) is -4.48. The van der Waals surface area contributed by atoms with Crippen molar-refractivity contribution >= 4 is 0 Å². The first-order valence-corrected chi connectivity index (χ1v) is 5.42. The quantitative estimate of drug-likeness (QED) is 0.759. The van der Waals surface area contributed by atoms with E-state index in [1.54, 1.807) is 6.07 Å². The molecule has 18 heavy (non-hydrogen) atoms. The monoisotopic (exact) mass is 255 g/mol. The molecule has 0 aliphatic heterocycles. The van der Waals surface area contributed by atoms with E-state index in [-0.39, 0.29) is 5.76 Å². The second-order valence-corrected chi connectivity index (χ2v) is 4.25. The van der Waals surface area contributed by atoms with Crippen LogP contribution in [0.25, 0.3) is 11.3 Å². The Kier molecular flexibility index (Phi) is 2.92. The fraction of sp³-hybridized carbons (Fsp3) is 0.308. The van der Waals surface area contributed by atoms with Gasteiger partial charge in [-0.1, -0.05) is 17.3 Å². The average molecular weight is 255 g/mol. The molecule has 1 aromatic heterocycles. The van der Waals surface area contributed by atoms with E-state index in [1.807, 2.05) is 26.8 Å². The van der Waals surface area contributed by atoms with E-state index in [9.17, 15) is 13.2 Å². The summed E-state index contributed by atoms with van der Waals surface area (Å²) in [5, 5.41) is 3.06. The third-order valence-electron chi connectivity index (χ3n) is 3.12. The highest BCUT2D eigenvalue weighted by atomic mass is 19.4. The molecule has 0 N–H and O–H groups in total. The van der Waals surface area contributed by atoms with Gasteiger partial charge in [0, 0.05) is 11.6 Å². The second-order valence-electron chi connectivity index (χ2n) is 4.25. The summed E-state index contributed by atoms with van der Waals surface area (Å²) in [5.74, 6) is 0.142. The van der Waals surface area contributed by atoms with Gasteiger partial charge in [-0.2, -0.15) is 13.2 Å². The maximum Gasteiger partial charge on any atom is 0.436 e. The molecule has 0 fully saturated rings. The van der Waals surface area contributed by atoms with Gasteiger partial charge >= 0.3 is 6.18 Å². The predicted octanol–water partition coefficient (Wildman–Crippen LogP) is 4.29. The normalized spacial score (nSPS) is 11.9. The zero-order valence-electron chi connectivity index (χ0n) is 10.2. The molecule has 2 nitrogen and oxygen atoms in total. The molecular weight excluding hydrogens is 243 g/mol. The van der Waals surface area contributed by atoms with E-state index in [4.69, 9.17) is 4.52 Å². The van der Waals surface area contributed by atoms with Gasteiger partial charge in [0.25, 0.3) is 0 Å². The van der Waals surface area contributed by atoms with E-state index in [0.717, 1.165) is 22.8 Å². The van der Waals surface area contributed by atoms with Crippen LogP contribution in [0.1, 0.15) is 22.4 Å². The predicted molar refractivity (Wildman–Crippen MR) is 61.2 cm³/mol. The number of hydrogen-bond acceptors (Lipinski definition) is 2. The van der Waals surface area contributed by atoms with E-state index in [1.165, 1.54) is 0 Å². The van der Waals surface area contributed by atoms with E-state index in [0.29, 0.717) is 5.56 Å². The van der Waals surface area contributed by atoms with Crippen LogP contribution in [0.15, 0.2) is 22.7 Å². The Morgan fingerprint density at radius 2 is 1.72 bits per heavy atom. The average Bonchev–Trinajstić information content (AvgIpc) is 2.75. The molecule has 0 aliphatic rings. The topological polar surface area (TPSA) is 26.0 Å². The molecule has 0 saturated heterocycles. The van der Waals surface area contributed by atoms with Gasteiger partial charge in [-0.3, -0.25) is 0 Å². The third kappa shape index (κ3) is 2.12.